The molecule has 0 spiro atoms. The minimum Gasteiger partial charge on any atom is -0.416 e. The summed E-state index contributed by atoms with van der Waals surface area (Å²) in [4.78, 5) is 0. The lowest BCUT2D eigenvalue weighted by Gasteiger charge is -2.21. The molecule has 1 aliphatic rings. The number of rotatable bonds is 5. The standard InChI is InChI=1S/C42H26N2O/c1-4-12-27(13-5-1)36-26-35(28-22-24-32(25-23-28)42-44-43-41(45-42)31-16-8-3-9-17-31)38(30-14-6-2-7-15-30)40-34-21-11-19-29-18-10-20-33(37(29)34)39(36)40/h1-26H. The molecular weight excluding hydrogens is 548 g/mol. The first kappa shape index (κ1) is 25.4. The lowest BCUT2D eigenvalue weighted by atomic mass is 9.82. The Hall–Kier alpha value is -6.06. The fraction of sp³-hybridized carbons (Fsp3) is 0. The third-order valence-electron chi connectivity index (χ3n) is 8.81. The van der Waals surface area contributed by atoms with Crippen LogP contribution in [-0.2, 0) is 0 Å². The molecule has 3 nitrogen and oxygen atoms in total. The first-order valence-electron chi connectivity index (χ1n) is 15.2. The summed E-state index contributed by atoms with van der Waals surface area (Å²) in [5, 5.41) is 11.2. The fourth-order valence-corrected chi connectivity index (χ4v) is 6.80. The van der Waals surface area contributed by atoms with E-state index in [0.717, 1.165) is 16.7 Å². The van der Waals surface area contributed by atoms with Gasteiger partial charge in [-0.3, -0.25) is 0 Å². The summed E-state index contributed by atoms with van der Waals surface area (Å²) in [7, 11) is 0. The Kier molecular flexibility index (Phi) is 5.82. The highest BCUT2D eigenvalue weighted by Gasteiger charge is 2.30. The zero-order valence-electron chi connectivity index (χ0n) is 24.3. The van der Waals surface area contributed by atoms with E-state index >= 15 is 0 Å². The van der Waals surface area contributed by atoms with Gasteiger partial charge in [-0.1, -0.05) is 127 Å². The molecule has 0 N–H and O–H groups in total. The molecule has 9 rings (SSSR count). The fourth-order valence-electron chi connectivity index (χ4n) is 6.80. The average Bonchev–Trinajstić information content (AvgIpc) is 3.74. The predicted octanol–water partition coefficient (Wildman–Crippen LogP) is 11.2. The molecule has 1 aliphatic carbocycles. The summed E-state index contributed by atoms with van der Waals surface area (Å²) in [6.07, 6.45) is 0. The van der Waals surface area contributed by atoms with Crippen LogP contribution in [0.2, 0.25) is 0 Å². The summed E-state index contributed by atoms with van der Waals surface area (Å²) in [5.41, 5.74) is 14.1. The SMILES string of the molecule is c1ccc(-c2nnc(-c3ccc(-c4cc(-c5ccccc5)c5c(c4-c4ccccc4)-c4cccc6cccc-5c46)cc3)o2)cc1. The van der Waals surface area contributed by atoms with Gasteiger partial charge in [0.25, 0.3) is 0 Å². The summed E-state index contributed by atoms with van der Waals surface area (Å²) >= 11 is 0. The van der Waals surface area contributed by atoms with Crippen LogP contribution in [-0.4, -0.2) is 10.2 Å². The van der Waals surface area contributed by atoms with Gasteiger partial charge in [0.2, 0.25) is 11.8 Å². The zero-order valence-corrected chi connectivity index (χ0v) is 24.3. The van der Waals surface area contributed by atoms with Gasteiger partial charge in [0, 0.05) is 11.1 Å². The first-order chi connectivity index (χ1) is 22.3. The van der Waals surface area contributed by atoms with Crippen LogP contribution in [0.25, 0.3) is 89.3 Å². The molecule has 3 heteroatoms. The first-order valence-corrected chi connectivity index (χ1v) is 15.2. The summed E-state index contributed by atoms with van der Waals surface area (Å²) in [5.74, 6) is 1.02. The molecule has 0 aliphatic heterocycles. The van der Waals surface area contributed by atoms with Crippen molar-refractivity contribution in [2.45, 2.75) is 0 Å². The monoisotopic (exact) mass is 574 g/mol. The van der Waals surface area contributed by atoms with Crippen molar-refractivity contribution in [1.82, 2.24) is 10.2 Å². The molecule has 0 unspecified atom stereocenters. The molecule has 0 saturated heterocycles. The molecule has 0 amide bonds. The van der Waals surface area contributed by atoms with Gasteiger partial charge in [0.1, 0.15) is 0 Å². The number of hydrogen-bond acceptors (Lipinski definition) is 3. The Labute approximate surface area is 261 Å². The van der Waals surface area contributed by atoms with Gasteiger partial charge < -0.3 is 4.42 Å². The highest BCUT2D eigenvalue weighted by atomic mass is 16.4. The Morgan fingerprint density at radius 3 is 1.42 bits per heavy atom. The van der Waals surface area contributed by atoms with Gasteiger partial charge in [0.15, 0.2) is 0 Å². The topological polar surface area (TPSA) is 38.9 Å². The normalized spacial score (nSPS) is 11.6. The Bertz CT molecular complexity index is 2330. The maximum absolute atomic E-state index is 6.08. The number of benzene rings is 7. The molecule has 0 fully saturated rings. The van der Waals surface area contributed by atoms with Crippen molar-refractivity contribution in [2.24, 2.45) is 0 Å². The highest BCUT2D eigenvalue weighted by Crippen LogP contribution is 2.57. The minimum absolute atomic E-state index is 0.504. The van der Waals surface area contributed by atoms with Crippen LogP contribution in [0.1, 0.15) is 0 Å². The van der Waals surface area contributed by atoms with Crippen molar-refractivity contribution >= 4 is 10.8 Å². The lowest BCUT2D eigenvalue weighted by Crippen LogP contribution is -1.94. The summed E-state index contributed by atoms with van der Waals surface area (Å²) in [6, 6.07) is 55.7. The average molecular weight is 575 g/mol. The smallest absolute Gasteiger partial charge is 0.248 e. The molecule has 0 radical (unpaired) electrons. The van der Waals surface area contributed by atoms with Gasteiger partial charge in [-0.05, 0) is 96.7 Å². The van der Waals surface area contributed by atoms with Gasteiger partial charge in [-0.25, -0.2) is 0 Å². The quantitative estimate of drug-likeness (QED) is 0.205. The van der Waals surface area contributed by atoms with Crippen molar-refractivity contribution in [3.63, 3.8) is 0 Å². The van der Waals surface area contributed by atoms with Crippen LogP contribution in [0.5, 0.6) is 0 Å². The molecule has 45 heavy (non-hydrogen) atoms. The predicted molar refractivity (Wildman–Crippen MR) is 183 cm³/mol. The van der Waals surface area contributed by atoms with Gasteiger partial charge in [-0.2, -0.15) is 0 Å². The summed E-state index contributed by atoms with van der Waals surface area (Å²) in [6.45, 7) is 0. The van der Waals surface area contributed by atoms with Crippen LogP contribution in [0.4, 0.5) is 0 Å². The zero-order chi connectivity index (χ0) is 29.7. The highest BCUT2D eigenvalue weighted by molar-refractivity contribution is 6.22. The second-order valence-corrected chi connectivity index (χ2v) is 11.4. The van der Waals surface area contributed by atoms with Gasteiger partial charge >= 0.3 is 0 Å². The van der Waals surface area contributed by atoms with E-state index in [9.17, 15) is 0 Å². The van der Waals surface area contributed by atoms with Crippen LogP contribution in [0.15, 0.2) is 162 Å². The van der Waals surface area contributed by atoms with Crippen LogP contribution >= 0.6 is 0 Å². The molecular formula is C42H26N2O. The molecule has 7 aromatic carbocycles. The molecule has 0 saturated carbocycles. The maximum atomic E-state index is 6.08. The van der Waals surface area contributed by atoms with E-state index in [1.807, 2.05) is 30.3 Å². The Morgan fingerprint density at radius 1 is 0.333 bits per heavy atom. The van der Waals surface area contributed by atoms with E-state index in [-0.39, 0.29) is 0 Å². The molecule has 1 heterocycles. The number of nitrogens with zero attached hydrogens (tertiary/aromatic N) is 2. The van der Waals surface area contributed by atoms with E-state index in [1.165, 1.54) is 60.8 Å². The minimum atomic E-state index is 0.504. The Morgan fingerprint density at radius 2 is 0.800 bits per heavy atom. The van der Waals surface area contributed by atoms with Crippen molar-refractivity contribution in [2.75, 3.05) is 0 Å². The lowest BCUT2D eigenvalue weighted by molar-refractivity contribution is 0.584. The van der Waals surface area contributed by atoms with Gasteiger partial charge in [0.05, 0.1) is 0 Å². The molecule has 0 atom stereocenters. The second kappa shape index (κ2) is 10.3. The van der Waals surface area contributed by atoms with Crippen LogP contribution < -0.4 is 0 Å². The Balaban J connectivity index is 1.28. The second-order valence-electron chi connectivity index (χ2n) is 11.4. The van der Waals surface area contributed by atoms with Crippen LogP contribution in [0.3, 0.4) is 0 Å². The van der Waals surface area contributed by atoms with E-state index < -0.39 is 0 Å². The number of fused-ring (bicyclic) bond motifs is 3. The van der Waals surface area contributed by atoms with Crippen LogP contribution in [0, 0.1) is 0 Å². The van der Waals surface area contributed by atoms with Crippen molar-refractivity contribution in [3.05, 3.63) is 158 Å². The summed E-state index contributed by atoms with van der Waals surface area (Å²) < 4.78 is 6.08. The molecule has 210 valence electrons. The van der Waals surface area contributed by atoms with Crippen molar-refractivity contribution < 1.29 is 4.42 Å². The molecule has 1 aromatic heterocycles. The largest absolute Gasteiger partial charge is 0.416 e. The van der Waals surface area contributed by atoms with Gasteiger partial charge in [-0.15, -0.1) is 10.2 Å². The van der Waals surface area contributed by atoms with E-state index in [1.54, 1.807) is 0 Å². The molecule has 0 bridgehead atoms. The van der Waals surface area contributed by atoms with E-state index in [4.69, 9.17) is 4.42 Å². The van der Waals surface area contributed by atoms with Crippen molar-refractivity contribution in [3.8, 4) is 78.5 Å². The maximum Gasteiger partial charge on any atom is 0.248 e. The molecule has 8 aromatic rings. The van der Waals surface area contributed by atoms with E-state index in [0.29, 0.717) is 11.8 Å². The van der Waals surface area contributed by atoms with E-state index in [2.05, 4.69) is 138 Å². The third kappa shape index (κ3) is 4.13. The third-order valence-corrected chi connectivity index (χ3v) is 8.81. The number of hydrogen-bond donors (Lipinski definition) is 0. The number of aromatic nitrogens is 2. The van der Waals surface area contributed by atoms with Crippen molar-refractivity contribution in [1.29, 1.82) is 0 Å².